The molecule has 7 nitrogen and oxygen atoms in total. The molecule has 35 heavy (non-hydrogen) atoms. The normalized spacial score (nSPS) is 13.5. The van der Waals surface area contributed by atoms with Gasteiger partial charge in [-0.2, -0.15) is 0 Å². The predicted octanol–water partition coefficient (Wildman–Crippen LogP) is 4.70. The van der Waals surface area contributed by atoms with Crippen LogP contribution in [0.5, 0.6) is 11.5 Å². The lowest BCUT2D eigenvalue weighted by Gasteiger charge is -2.27. The first-order valence-corrected chi connectivity index (χ1v) is 13.2. The highest BCUT2D eigenvalue weighted by atomic mass is 127. The number of alkyl halides is 1. The van der Waals surface area contributed by atoms with Crippen LogP contribution >= 0.6 is 34.2 Å². The number of rotatable bonds is 12. The van der Waals surface area contributed by atoms with Gasteiger partial charge in [0.15, 0.2) is 0 Å². The van der Waals surface area contributed by atoms with Gasteiger partial charge in [0.1, 0.15) is 33.6 Å². The van der Waals surface area contributed by atoms with Gasteiger partial charge in [0.05, 0.1) is 19.1 Å². The van der Waals surface area contributed by atoms with Crippen LogP contribution in [-0.2, 0) is 18.6 Å². The van der Waals surface area contributed by atoms with E-state index in [1.165, 1.54) is 11.1 Å². The van der Waals surface area contributed by atoms with Crippen molar-refractivity contribution in [2.45, 2.75) is 52.4 Å². The number of benzene rings is 2. The van der Waals surface area contributed by atoms with E-state index < -0.39 is 6.10 Å². The molecule has 1 aromatic heterocycles. The minimum atomic E-state index is -0.679. The van der Waals surface area contributed by atoms with Gasteiger partial charge in [-0.25, -0.2) is 4.68 Å². The molecule has 1 heterocycles. The van der Waals surface area contributed by atoms with Gasteiger partial charge in [0.2, 0.25) is 0 Å². The van der Waals surface area contributed by atoms with Crippen molar-refractivity contribution in [1.29, 1.82) is 0 Å². The van der Waals surface area contributed by atoms with E-state index in [1.54, 1.807) is 4.68 Å². The van der Waals surface area contributed by atoms with E-state index in [0.29, 0.717) is 18.8 Å². The van der Waals surface area contributed by atoms with Gasteiger partial charge >= 0.3 is 0 Å². The van der Waals surface area contributed by atoms with E-state index >= 15 is 0 Å². The molecule has 9 heteroatoms. The standard InChI is InChI=1S/C26H33ClIN3O4/c1-17(13-31-25(28)23(14-32)29-30-31)15-34-22-8-5-19(6-9-22)26(3,4)20-7-10-24(18(2)11-20)35-16-21(33)12-27/h5-11,17,21,32-33H,12-16H2,1-4H3/t17-,21-/m1/s1. The lowest BCUT2D eigenvalue weighted by Crippen LogP contribution is -2.21. The zero-order valence-corrected chi connectivity index (χ0v) is 23.5. The summed E-state index contributed by atoms with van der Waals surface area (Å²) >= 11 is 7.80. The Kier molecular flexibility index (Phi) is 9.80. The fraction of sp³-hybridized carbons (Fsp3) is 0.462. The molecule has 2 aromatic carbocycles. The number of hydrogen-bond acceptors (Lipinski definition) is 6. The Bertz CT molecular complexity index is 1100. The summed E-state index contributed by atoms with van der Waals surface area (Å²) in [6.07, 6.45) is -0.679. The van der Waals surface area contributed by atoms with Gasteiger partial charge in [-0.3, -0.25) is 0 Å². The quantitative estimate of drug-likeness (QED) is 0.227. The van der Waals surface area contributed by atoms with Crippen LogP contribution in [0.1, 0.15) is 43.2 Å². The number of aryl methyl sites for hydroxylation is 1. The fourth-order valence-corrected chi connectivity index (χ4v) is 4.36. The minimum Gasteiger partial charge on any atom is -0.493 e. The number of ether oxygens (including phenoxy) is 2. The second-order valence-corrected chi connectivity index (χ2v) is 10.7. The molecule has 3 aromatic rings. The second kappa shape index (κ2) is 12.4. The van der Waals surface area contributed by atoms with E-state index in [1.807, 2.05) is 25.1 Å². The summed E-state index contributed by atoms with van der Waals surface area (Å²) in [5.41, 5.74) is 3.75. The SMILES string of the molecule is Cc1cc(C(C)(C)c2ccc(OC[C@H](C)Cn3nnc(CO)c3I)cc2)ccc1OC[C@H](O)CCl. The topological polar surface area (TPSA) is 89.6 Å². The summed E-state index contributed by atoms with van der Waals surface area (Å²) in [4.78, 5) is 0. The molecular formula is C26H33ClIN3O4. The maximum Gasteiger partial charge on any atom is 0.125 e. The molecule has 0 bridgehead atoms. The summed E-state index contributed by atoms with van der Waals surface area (Å²) in [6.45, 7) is 9.77. The molecule has 3 rings (SSSR count). The molecule has 0 fully saturated rings. The number of aliphatic hydroxyl groups is 2. The van der Waals surface area contributed by atoms with Crippen LogP contribution in [0.15, 0.2) is 42.5 Å². The largest absolute Gasteiger partial charge is 0.493 e. The van der Waals surface area contributed by atoms with Crippen molar-refractivity contribution in [3.8, 4) is 11.5 Å². The Morgan fingerprint density at radius 2 is 1.77 bits per heavy atom. The van der Waals surface area contributed by atoms with E-state index in [2.05, 4.69) is 77.9 Å². The Morgan fingerprint density at radius 3 is 2.37 bits per heavy atom. The smallest absolute Gasteiger partial charge is 0.125 e. The number of aliphatic hydroxyl groups excluding tert-OH is 2. The summed E-state index contributed by atoms with van der Waals surface area (Å²) < 4.78 is 14.4. The molecule has 0 saturated heterocycles. The van der Waals surface area contributed by atoms with Gasteiger partial charge in [0, 0.05) is 17.9 Å². The number of nitrogens with zero attached hydrogens (tertiary/aromatic N) is 3. The molecule has 0 aliphatic heterocycles. The highest BCUT2D eigenvalue weighted by molar-refractivity contribution is 14.1. The molecule has 0 aliphatic rings. The minimum absolute atomic E-state index is 0.109. The third-order valence-corrected chi connectivity index (χ3v) is 7.52. The zero-order chi connectivity index (χ0) is 25.6. The first kappa shape index (κ1) is 27.7. The van der Waals surface area contributed by atoms with Crippen molar-refractivity contribution in [2.24, 2.45) is 5.92 Å². The van der Waals surface area contributed by atoms with Crippen molar-refractivity contribution in [2.75, 3.05) is 19.1 Å². The summed E-state index contributed by atoms with van der Waals surface area (Å²) in [6, 6.07) is 14.4. The van der Waals surface area contributed by atoms with Gasteiger partial charge in [-0.15, -0.1) is 16.7 Å². The van der Waals surface area contributed by atoms with Gasteiger partial charge < -0.3 is 19.7 Å². The van der Waals surface area contributed by atoms with Crippen molar-refractivity contribution >= 4 is 34.2 Å². The van der Waals surface area contributed by atoms with Crippen molar-refractivity contribution in [3.05, 3.63) is 68.5 Å². The third kappa shape index (κ3) is 7.09. The molecule has 0 unspecified atom stereocenters. The molecule has 0 spiro atoms. The van der Waals surface area contributed by atoms with Gasteiger partial charge in [-0.1, -0.05) is 50.3 Å². The van der Waals surface area contributed by atoms with Crippen LogP contribution < -0.4 is 9.47 Å². The van der Waals surface area contributed by atoms with Crippen LogP contribution in [0.4, 0.5) is 0 Å². The maximum absolute atomic E-state index is 9.64. The van der Waals surface area contributed by atoms with E-state index in [4.69, 9.17) is 21.1 Å². The molecule has 0 saturated carbocycles. The van der Waals surface area contributed by atoms with Gasteiger partial charge in [0.25, 0.3) is 0 Å². The van der Waals surface area contributed by atoms with Crippen LogP contribution in [0.2, 0.25) is 0 Å². The Morgan fingerprint density at radius 1 is 1.09 bits per heavy atom. The van der Waals surface area contributed by atoms with Crippen LogP contribution in [0, 0.1) is 16.5 Å². The molecule has 0 aliphatic carbocycles. The Balaban J connectivity index is 1.60. The van der Waals surface area contributed by atoms with Crippen LogP contribution in [-0.4, -0.2) is 50.4 Å². The fourth-order valence-electron chi connectivity index (χ4n) is 3.70. The maximum atomic E-state index is 9.64. The summed E-state index contributed by atoms with van der Waals surface area (Å²) in [5.74, 6) is 1.94. The van der Waals surface area contributed by atoms with Crippen LogP contribution in [0.3, 0.4) is 0 Å². The third-order valence-electron chi connectivity index (χ3n) is 5.99. The Labute approximate surface area is 225 Å². The molecule has 2 atom stereocenters. The molecule has 190 valence electrons. The van der Waals surface area contributed by atoms with Crippen molar-refractivity contribution in [3.63, 3.8) is 0 Å². The molecular weight excluding hydrogens is 581 g/mol. The first-order valence-electron chi connectivity index (χ1n) is 11.6. The van der Waals surface area contributed by atoms with E-state index in [9.17, 15) is 10.2 Å². The number of halogens is 2. The van der Waals surface area contributed by atoms with Gasteiger partial charge in [-0.05, 0) is 64.4 Å². The average molecular weight is 614 g/mol. The summed E-state index contributed by atoms with van der Waals surface area (Å²) in [7, 11) is 0. The monoisotopic (exact) mass is 613 g/mol. The number of hydrogen-bond donors (Lipinski definition) is 2. The summed E-state index contributed by atoms with van der Waals surface area (Å²) in [5, 5.41) is 27.0. The van der Waals surface area contributed by atoms with E-state index in [0.717, 1.165) is 20.8 Å². The number of aromatic nitrogens is 3. The second-order valence-electron chi connectivity index (χ2n) is 9.33. The average Bonchev–Trinajstić information content (AvgIpc) is 3.20. The molecule has 0 radical (unpaired) electrons. The highest BCUT2D eigenvalue weighted by Gasteiger charge is 2.24. The first-order chi connectivity index (χ1) is 16.6. The highest BCUT2D eigenvalue weighted by Crippen LogP contribution is 2.34. The molecule has 0 amide bonds. The lowest BCUT2D eigenvalue weighted by molar-refractivity contribution is 0.125. The Hall–Kier alpha value is -1.88. The molecule has 2 N–H and O–H groups in total. The lowest BCUT2D eigenvalue weighted by atomic mass is 9.77. The van der Waals surface area contributed by atoms with Crippen molar-refractivity contribution in [1.82, 2.24) is 15.0 Å². The van der Waals surface area contributed by atoms with E-state index in [-0.39, 0.29) is 30.4 Å². The predicted molar refractivity (Wildman–Crippen MR) is 145 cm³/mol. The van der Waals surface area contributed by atoms with Crippen molar-refractivity contribution < 1.29 is 19.7 Å². The van der Waals surface area contributed by atoms with Crippen LogP contribution in [0.25, 0.3) is 0 Å². The zero-order valence-electron chi connectivity index (χ0n) is 20.5.